The number of halogens is 6. The van der Waals surface area contributed by atoms with Gasteiger partial charge in [-0.2, -0.15) is 43.2 Å². The molecule has 2 rings (SSSR count). The van der Waals surface area contributed by atoms with Gasteiger partial charge in [-0.1, -0.05) is 30.8 Å². The van der Waals surface area contributed by atoms with Crippen LogP contribution >= 0.6 is 0 Å². The van der Waals surface area contributed by atoms with Crippen molar-refractivity contribution in [3.63, 3.8) is 0 Å². The molecule has 0 atom stereocenters. The second-order valence-electron chi connectivity index (χ2n) is 7.58. The number of carbonyl (C=O) groups excluding carboxylic acids is 1. The Bertz CT molecular complexity index is 1510. The van der Waals surface area contributed by atoms with E-state index in [4.69, 9.17) is 4.55 Å². The van der Waals surface area contributed by atoms with E-state index in [-0.39, 0.29) is 10.3 Å². The molecule has 0 radical (unpaired) electrons. The second-order valence-corrected chi connectivity index (χ2v) is 15.1. The third-order valence-electron chi connectivity index (χ3n) is 4.80. The van der Waals surface area contributed by atoms with Crippen molar-refractivity contribution in [2.45, 2.75) is 21.3 Å². The number of fused-ring (bicyclic) bond motifs is 1. The molecule has 196 valence electrons. The zero-order chi connectivity index (χ0) is 27.5. The summed E-state index contributed by atoms with van der Waals surface area (Å²) in [6.07, 6.45) is 2.81. The molecule has 0 unspecified atom stereocenters. The molecule has 0 heterocycles. The lowest BCUT2D eigenvalue weighted by molar-refractivity contribution is -0.247. The minimum absolute atomic E-state index is 0.212. The van der Waals surface area contributed by atoms with Crippen LogP contribution in [0.3, 0.4) is 0 Å². The van der Waals surface area contributed by atoms with Gasteiger partial charge in [0.2, 0.25) is 5.12 Å². The van der Waals surface area contributed by atoms with E-state index in [2.05, 4.69) is 10.8 Å². The van der Waals surface area contributed by atoms with Gasteiger partial charge in [0.25, 0.3) is 0 Å². The maximum atomic E-state index is 14.2. The SMILES string of the molecule is C=CC(=O)S(C)(C)(=O)c1ccc(OS(=O)(=O)C(F)(F)C(F)(F)C(F)(F)S(=O)(=O)O)c2ccccc12. The van der Waals surface area contributed by atoms with Crippen LogP contribution in [-0.2, 0) is 34.1 Å². The average molecular weight is 571 g/mol. The van der Waals surface area contributed by atoms with Crippen molar-refractivity contribution in [2.75, 3.05) is 12.5 Å². The highest BCUT2D eigenvalue weighted by atomic mass is 32.3. The molecule has 0 aliphatic carbocycles. The Labute approximate surface area is 194 Å². The average Bonchev–Trinajstić information content (AvgIpc) is 2.71. The predicted octanol–water partition coefficient (Wildman–Crippen LogP) is 3.41. The Morgan fingerprint density at radius 2 is 1.43 bits per heavy atom. The topological polar surface area (TPSA) is 132 Å². The van der Waals surface area contributed by atoms with Crippen LogP contribution in [0.4, 0.5) is 26.3 Å². The maximum Gasteiger partial charge on any atom is 0.450 e. The lowest BCUT2D eigenvalue weighted by atomic mass is 10.1. The van der Waals surface area contributed by atoms with Gasteiger partial charge in [-0.05, 0) is 27.3 Å². The van der Waals surface area contributed by atoms with E-state index in [0.717, 1.165) is 36.8 Å². The molecule has 2 aromatic carbocycles. The Kier molecular flexibility index (Phi) is 6.57. The lowest BCUT2D eigenvalue weighted by Gasteiger charge is -2.33. The number of hydrogen-bond donors (Lipinski definition) is 1. The highest BCUT2D eigenvalue weighted by molar-refractivity contribution is 8.31. The van der Waals surface area contributed by atoms with Crippen molar-refractivity contribution in [1.82, 2.24) is 0 Å². The van der Waals surface area contributed by atoms with Crippen molar-refractivity contribution in [3.05, 3.63) is 49.1 Å². The summed E-state index contributed by atoms with van der Waals surface area (Å²) in [7, 11) is -18.7. The lowest BCUT2D eigenvalue weighted by Crippen LogP contribution is -2.61. The molecule has 0 fully saturated rings. The van der Waals surface area contributed by atoms with Gasteiger partial charge >= 0.3 is 36.7 Å². The molecule has 35 heavy (non-hydrogen) atoms. The first-order chi connectivity index (χ1) is 15.4. The van der Waals surface area contributed by atoms with Crippen molar-refractivity contribution >= 4 is 45.2 Å². The smallest absolute Gasteiger partial charge is 0.377 e. The standard InChI is InChI=1S/C18H16F6O8S3/c1-4-15(25)35(2,3,31)14-10-9-13(11-7-5-6-8-12(11)14)32-34(29,30)18(23,24)16(19,20)17(21,22)33(26,27)28/h4-10H,1H2,2-3H3,(H,26,27,28). The summed E-state index contributed by atoms with van der Waals surface area (Å²) in [4.78, 5) is 12.1. The normalized spacial score (nSPS) is 15.3. The van der Waals surface area contributed by atoms with Crippen LogP contribution in [0, 0.1) is 0 Å². The van der Waals surface area contributed by atoms with Crippen LogP contribution in [0.25, 0.3) is 10.8 Å². The molecular weight excluding hydrogens is 554 g/mol. The zero-order valence-corrected chi connectivity index (χ0v) is 20.0. The molecular formula is C18H16F6O8S3. The number of hydrogen-bond acceptors (Lipinski definition) is 7. The zero-order valence-electron chi connectivity index (χ0n) is 17.5. The minimum Gasteiger partial charge on any atom is -0.377 e. The van der Waals surface area contributed by atoms with Crippen LogP contribution in [0.2, 0.25) is 0 Å². The molecule has 0 aliphatic rings. The third kappa shape index (κ3) is 4.23. The maximum absolute atomic E-state index is 14.2. The van der Waals surface area contributed by atoms with Crippen molar-refractivity contribution in [3.8, 4) is 5.75 Å². The molecule has 0 spiro atoms. The van der Waals surface area contributed by atoms with Gasteiger partial charge < -0.3 is 4.18 Å². The van der Waals surface area contributed by atoms with Crippen LogP contribution in [0.15, 0.2) is 53.9 Å². The van der Waals surface area contributed by atoms with Gasteiger partial charge in [-0.25, -0.2) is 0 Å². The summed E-state index contributed by atoms with van der Waals surface area (Å²) >= 11 is 0. The van der Waals surface area contributed by atoms with E-state index in [1.165, 1.54) is 12.1 Å². The molecule has 8 nitrogen and oxygen atoms in total. The van der Waals surface area contributed by atoms with Crippen molar-refractivity contribution in [2.24, 2.45) is 0 Å². The van der Waals surface area contributed by atoms with Crippen molar-refractivity contribution < 1.29 is 60.9 Å². The first-order valence-electron chi connectivity index (χ1n) is 8.79. The fourth-order valence-corrected chi connectivity index (χ4v) is 6.27. The summed E-state index contributed by atoms with van der Waals surface area (Å²) in [6, 6.07) is 5.99. The van der Waals surface area contributed by atoms with Gasteiger partial charge in [0.05, 0.1) is 0 Å². The van der Waals surface area contributed by atoms with Crippen LogP contribution in [-0.4, -0.2) is 59.7 Å². The van der Waals surface area contributed by atoms with E-state index in [1.54, 1.807) is 0 Å². The third-order valence-corrected chi connectivity index (χ3v) is 9.96. The van der Waals surface area contributed by atoms with E-state index < -0.39 is 62.0 Å². The summed E-state index contributed by atoms with van der Waals surface area (Å²) in [5.74, 6) is -8.32. The highest BCUT2D eigenvalue weighted by Gasteiger charge is 2.83. The molecule has 0 amide bonds. The Balaban J connectivity index is 2.75. The Hall–Kier alpha value is -2.50. The summed E-state index contributed by atoms with van der Waals surface area (Å²) in [5, 5.41) is -15.4. The van der Waals surface area contributed by atoms with E-state index in [1.807, 2.05) is 0 Å². The quantitative estimate of drug-likeness (QED) is 0.221. The highest BCUT2D eigenvalue weighted by Crippen LogP contribution is 2.51. The molecule has 1 N–H and O–H groups in total. The first kappa shape index (κ1) is 28.7. The predicted molar refractivity (Wildman–Crippen MR) is 113 cm³/mol. The van der Waals surface area contributed by atoms with Crippen LogP contribution in [0.1, 0.15) is 0 Å². The van der Waals surface area contributed by atoms with Gasteiger partial charge in [0, 0.05) is 28.2 Å². The second kappa shape index (κ2) is 8.01. The van der Waals surface area contributed by atoms with Gasteiger partial charge in [0.1, 0.15) is 0 Å². The Morgan fingerprint density at radius 3 is 1.89 bits per heavy atom. The van der Waals surface area contributed by atoms with Crippen molar-refractivity contribution in [1.29, 1.82) is 0 Å². The monoisotopic (exact) mass is 570 g/mol. The molecule has 0 aromatic heterocycles. The largest absolute Gasteiger partial charge is 0.450 e. The van der Waals surface area contributed by atoms with E-state index in [0.29, 0.717) is 6.07 Å². The number of alkyl halides is 6. The molecule has 0 aliphatic heterocycles. The Morgan fingerprint density at radius 1 is 0.943 bits per heavy atom. The van der Waals surface area contributed by atoms with Gasteiger partial charge in [0.15, 0.2) is 5.75 Å². The molecule has 2 aromatic rings. The van der Waals surface area contributed by atoms with Gasteiger partial charge in [-0.15, -0.1) is 0 Å². The van der Waals surface area contributed by atoms with Gasteiger partial charge in [-0.3, -0.25) is 13.6 Å². The summed E-state index contributed by atoms with van der Waals surface area (Å²) < 4.78 is 154. The van der Waals surface area contributed by atoms with Crippen LogP contribution < -0.4 is 4.18 Å². The van der Waals surface area contributed by atoms with Crippen LogP contribution in [0.5, 0.6) is 5.75 Å². The fraction of sp³-hybridized carbons (Fsp3) is 0.278. The number of rotatable bonds is 8. The molecule has 0 bridgehead atoms. The summed E-state index contributed by atoms with van der Waals surface area (Å²) in [5.41, 5.74) is 0. The fourth-order valence-electron chi connectivity index (χ4n) is 2.84. The number of carbonyl (C=O) groups is 1. The first-order valence-corrected chi connectivity index (χ1v) is 14.4. The molecule has 0 saturated heterocycles. The number of benzene rings is 2. The van der Waals surface area contributed by atoms with E-state index in [9.17, 15) is 52.2 Å². The summed E-state index contributed by atoms with van der Waals surface area (Å²) in [6.45, 7) is 3.23. The molecule has 0 saturated carbocycles. The van der Waals surface area contributed by atoms with E-state index >= 15 is 0 Å². The molecule has 17 heteroatoms. The minimum atomic E-state index is -7.21.